The van der Waals surface area contributed by atoms with E-state index in [1.165, 1.54) is 0 Å². The van der Waals surface area contributed by atoms with Gasteiger partial charge in [0.25, 0.3) is 0 Å². The minimum Gasteiger partial charge on any atom is -0.545 e. The largest absolute Gasteiger partial charge is 1.00 e. The number of aliphatic carboxylic acids is 1. The van der Waals surface area contributed by atoms with Gasteiger partial charge in [0, 0.05) is 5.57 Å². The Labute approximate surface area is 125 Å². The first-order valence-electron chi connectivity index (χ1n) is 3.60. The SMILES string of the molecule is CC1(F)C(F)=CC(C(=O)[O-])=C(F)C1F.[K+]. The van der Waals surface area contributed by atoms with Gasteiger partial charge in [0.1, 0.15) is 11.7 Å². The van der Waals surface area contributed by atoms with Crippen LogP contribution < -0.4 is 56.5 Å². The smallest absolute Gasteiger partial charge is 0.545 e. The predicted molar refractivity (Wildman–Crippen MR) is 36.7 cm³/mol. The van der Waals surface area contributed by atoms with Crippen molar-refractivity contribution in [3.05, 3.63) is 23.3 Å². The number of halogens is 4. The Balaban J connectivity index is 0.00000196. The third-order valence-corrected chi connectivity index (χ3v) is 1.91. The Kier molecular flexibility index (Phi) is 5.19. The van der Waals surface area contributed by atoms with Crippen molar-refractivity contribution in [3.8, 4) is 0 Å². The van der Waals surface area contributed by atoms with Crippen molar-refractivity contribution in [2.45, 2.75) is 18.8 Å². The van der Waals surface area contributed by atoms with E-state index in [1.807, 2.05) is 0 Å². The average molecular weight is 248 g/mol. The topological polar surface area (TPSA) is 40.1 Å². The number of carbonyl (C=O) groups is 1. The van der Waals surface area contributed by atoms with Crippen molar-refractivity contribution < 1.29 is 78.8 Å². The van der Waals surface area contributed by atoms with Gasteiger partial charge in [-0.25, -0.2) is 17.6 Å². The molecular weight excluding hydrogens is 243 g/mol. The fraction of sp³-hybridized carbons (Fsp3) is 0.375. The second kappa shape index (κ2) is 5.09. The van der Waals surface area contributed by atoms with Gasteiger partial charge in [0.15, 0.2) is 11.8 Å². The first-order chi connectivity index (χ1) is 6.28. The summed E-state index contributed by atoms with van der Waals surface area (Å²) in [4.78, 5) is 10.2. The van der Waals surface area contributed by atoms with Gasteiger partial charge in [-0.1, -0.05) is 0 Å². The van der Waals surface area contributed by atoms with Crippen LogP contribution in [0.3, 0.4) is 0 Å². The number of hydrogen-bond donors (Lipinski definition) is 0. The molecule has 7 heteroatoms. The van der Waals surface area contributed by atoms with E-state index in [0.717, 1.165) is 0 Å². The summed E-state index contributed by atoms with van der Waals surface area (Å²) in [5.74, 6) is -5.63. The third-order valence-electron chi connectivity index (χ3n) is 1.91. The minimum absolute atomic E-state index is 0. The van der Waals surface area contributed by atoms with Crippen molar-refractivity contribution >= 4 is 5.97 Å². The maximum absolute atomic E-state index is 13.0. The molecular formula is C8H5F4KO2. The van der Waals surface area contributed by atoms with Gasteiger partial charge >= 0.3 is 51.4 Å². The Morgan fingerprint density at radius 2 is 2.00 bits per heavy atom. The van der Waals surface area contributed by atoms with Gasteiger partial charge in [-0.2, -0.15) is 0 Å². The number of rotatable bonds is 1. The number of alkyl halides is 2. The molecule has 0 aromatic carbocycles. The summed E-state index contributed by atoms with van der Waals surface area (Å²) in [6.07, 6.45) is -2.87. The maximum atomic E-state index is 13.0. The Morgan fingerprint density at radius 3 is 2.40 bits per heavy atom. The molecule has 0 amide bonds. The summed E-state index contributed by atoms with van der Waals surface area (Å²) in [6.45, 7) is 0.481. The standard InChI is InChI=1S/C8H6F4O2.K/c1-8(12)4(9)2-3(7(13)14)5(10)6(8)11;/h2,6H,1H3,(H,13,14);/q;+1/p-1. The molecule has 2 nitrogen and oxygen atoms in total. The Morgan fingerprint density at radius 1 is 1.53 bits per heavy atom. The van der Waals surface area contributed by atoms with Crippen LogP contribution in [-0.2, 0) is 4.79 Å². The summed E-state index contributed by atoms with van der Waals surface area (Å²) < 4.78 is 51.4. The number of carboxylic acids is 1. The molecule has 78 valence electrons. The number of carboxylic acid groups (broad SMARTS) is 1. The third kappa shape index (κ3) is 2.70. The van der Waals surface area contributed by atoms with E-state index < -0.39 is 35.0 Å². The van der Waals surface area contributed by atoms with Crippen LogP contribution in [-0.4, -0.2) is 17.8 Å². The van der Waals surface area contributed by atoms with E-state index in [2.05, 4.69) is 0 Å². The fourth-order valence-corrected chi connectivity index (χ4v) is 0.989. The summed E-state index contributed by atoms with van der Waals surface area (Å²) in [5.41, 5.74) is -4.46. The zero-order valence-corrected chi connectivity index (χ0v) is 11.1. The van der Waals surface area contributed by atoms with Crippen LogP contribution in [0.4, 0.5) is 17.6 Å². The molecule has 0 aliphatic heterocycles. The zero-order valence-electron chi connectivity index (χ0n) is 7.98. The summed E-state index contributed by atoms with van der Waals surface area (Å²) >= 11 is 0. The Bertz CT molecular complexity index is 349. The quantitative estimate of drug-likeness (QED) is 0.394. The maximum Gasteiger partial charge on any atom is 1.00 e. The molecule has 0 heterocycles. The molecule has 0 radical (unpaired) electrons. The van der Waals surface area contributed by atoms with Gasteiger partial charge in [0.05, 0.1) is 5.97 Å². The molecule has 0 saturated carbocycles. The molecule has 1 aliphatic carbocycles. The van der Waals surface area contributed by atoms with Crippen LogP contribution >= 0.6 is 0 Å². The number of carbonyl (C=O) groups excluding carboxylic acids is 1. The molecule has 0 bridgehead atoms. The normalized spacial score (nSPS) is 30.7. The molecule has 15 heavy (non-hydrogen) atoms. The average Bonchev–Trinajstić information content (AvgIpc) is 2.08. The molecule has 0 N–H and O–H groups in total. The van der Waals surface area contributed by atoms with Crippen LogP contribution in [0.25, 0.3) is 0 Å². The van der Waals surface area contributed by atoms with Crippen molar-refractivity contribution in [2.24, 2.45) is 0 Å². The van der Waals surface area contributed by atoms with E-state index in [-0.39, 0.29) is 57.5 Å². The van der Waals surface area contributed by atoms with Crippen molar-refractivity contribution in [1.82, 2.24) is 0 Å². The van der Waals surface area contributed by atoms with Crippen LogP contribution in [0.15, 0.2) is 23.3 Å². The number of hydrogen-bond acceptors (Lipinski definition) is 2. The molecule has 0 spiro atoms. The summed E-state index contributed by atoms with van der Waals surface area (Å²) in [5, 5.41) is 10.2. The van der Waals surface area contributed by atoms with Crippen LogP contribution in [0.5, 0.6) is 0 Å². The molecule has 2 unspecified atom stereocenters. The van der Waals surface area contributed by atoms with Crippen LogP contribution in [0, 0.1) is 0 Å². The molecule has 0 fully saturated rings. The van der Waals surface area contributed by atoms with E-state index in [9.17, 15) is 27.5 Å². The van der Waals surface area contributed by atoms with E-state index in [4.69, 9.17) is 0 Å². The zero-order chi connectivity index (χ0) is 11.1. The first kappa shape index (κ1) is 15.3. The monoisotopic (exact) mass is 248 g/mol. The fourth-order valence-electron chi connectivity index (χ4n) is 0.989. The van der Waals surface area contributed by atoms with Crippen LogP contribution in [0.1, 0.15) is 6.92 Å². The van der Waals surface area contributed by atoms with Crippen molar-refractivity contribution in [1.29, 1.82) is 0 Å². The molecule has 0 aromatic heterocycles. The van der Waals surface area contributed by atoms with Crippen LogP contribution in [0.2, 0.25) is 0 Å². The Hall–Kier alpha value is 0.306. The summed E-state index contributed by atoms with van der Waals surface area (Å²) in [7, 11) is 0. The van der Waals surface area contributed by atoms with Gasteiger partial charge in [-0.05, 0) is 13.0 Å². The van der Waals surface area contributed by atoms with Gasteiger partial charge < -0.3 is 9.90 Å². The van der Waals surface area contributed by atoms with Gasteiger partial charge in [-0.3, -0.25) is 0 Å². The van der Waals surface area contributed by atoms with E-state index in [0.29, 0.717) is 6.92 Å². The first-order valence-corrected chi connectivity index (χ1v) is 3.60. The summed E-state index contributed by atoms with van der Waals surface area (Å²) in [6, 6.07) is 0. The minimum atomic E-state index is -3.16. The second-order valence-electron chi connectivity index (χ2n) is 2.98. The van der Waals surface area contributed by atoms with Crippen molar-refractivity contribution in [3.63, 3.8) is 0 Å². The van der Waals surface area contributed by atoms with Gasteiger partial charge in [-0.15, -0.1) is 0 Å². The van der Waals surface area contributed by atoms with Gasteiger partial charge in [0.2, 0.25) is 0 Å². The molecule has 0 aromatic rings. The molecule has 0 saturated heterocycles. The van der Waals surface area contributed by atoms with E-state index >= 15 is 0 Å². The molecule has 2 atom stereocenters. The van der Waals surface area contributed by atoms with E-state index in [1.54, 1.807) is 0 Å². The molecule has 1 rings (SSSR count). The predicted octanol–water partition coefficient (Wildman–Crippen LogP) is -2.10. The number of allylic oxidation sites excluding steroid dienone is 2. The van der Waals surface area contributed by atoms with Crippen molar-refractivity contribution in [2.75, 3.05) is 0 Å². The second-order valence-corrected chi connectivity index (χ2v) is 2.98. The molecule has 1 aliphatic rings.